The minimum atomic E-state index is -0.0809. The largest absolute Gasteiger partial charge is 0.352 e. The molecule has 1 fully saturated rings. The first-order valence-electron chi connectivity index (χ1n) is 13.0. The number of pyridine rings is 1. The number of fused-ring (bicyclic) bond motifs is 1. The molecule has 0 saturated carbocycles. The minimum absolute atomic E-state index is 0.0809. The van der Waals surface area contributed by atoms with Crippen molar-refractivity contribution in [1.29, 1.82) is 0 Å². The van der Waals surface area contributed by atoms with Crippen molar-refractivity contribution < 1.29 is 9.59 Å². The van der Waals surface area contributed by atoms with E-state index in [-0.39, 0.29) is 17.7 Å². The normalized spacial score (nSPS) is 14.3. The summed E-state index contributed by atoms with van der Waals surface area (Å²) >= 11 is 0. The Labute approximate surface area is 217 Å². The standard InChI is InChI=1S/C29H34N6O2/c1-21-8-9-25(29(37)31-12-5-14-34-17-13-30-20-34)28(32-21)22-10-15-35(16-11-22)27(36)18-23-19-33(2)26-7-4-3-6-24(23)26/h3-4,6-9,13,17,19-20,22H,5,10-12,14-16,18H2,1-2H3,(H,31,37). The third-order valence-electron chi connectivity index (χ3n) is 7.30. The quantitative estimate of drug-likeness (QED) is 0.374. The van der Waals surface area contributed by atoms with Crippen molar-refractivity contribution in [2.45, 2.75) is 45.1 Å². The van der Waals surface area contributed by atoms with Gasteiger partial charge in [0.1, 0.15) is 0 Å². The molecule has 8 heteroatoms. The average Bonchev–Trinajstić information content (AvgIpc) is 3.54. The van der Waals surface area contributed by atoms with E-state index in [4.69, 9.17) is 4.98 Å². The van der Waals surface area contributed by atoms with E-state index < -0.39 is 0 Å². The van der Waals surface area contributed by atoms with Gasteiger partial charge < -0.3 is 19.4 Å². The summed E-state index contributed by atoms with van der Waals surface area (Å²) in [5, 5.41) is 4.19. The van der Waals surface area contributed by atoms with Crippen LogP contribution in [-0.2, 0) is 24.8 Å². The van der Waals surface area contributed by atoms with Crippen molar-refractivity contribution in [3.05, 3.63) is 83.8 Å². The van der Waals surface area contributed by atoms with Crippen LogP contribution in [-0.4, -0.2) is 55.5 Å². The second-order valence-corrected chi connectivity index (χ2v) is 9.91. The molecule has 0 unspecified atom stereocenters. The Kier molecular flexibility index (Phi) is 7.35. The summed E-state index contributed by atoms with van der Waals surface area (Å²) in [7, 11) is 2.02. The van der Waals surface area contributed by atoms with E-state index in [1.54, 1.807) is 12.5 Å². The molecule has 37 heavy (non-hydrogen) atoms. The maximum atomic E-state index is 13.2. The van der Waals surface area contributed by atoms with Crippen LogP contribution in [0.15, 0.2) is 61.3 Å². The van der Waals surface area contributed by atoms with E-state index in [0.29, 0.717) is 31.6 Å². The van der Waals surface area contributed by atoms with Crippen LogP contribution in [0.1, 0.15) is 52.5 Å². The number of hydrogen-bond acceptors (Lipinski definition) is 4. The monoisotopic (exact) mass is 498 g/mol. The predicted octanol–water partition coefficient (Wildman–Crippen LogP) is 3.85. The van der Waals surface area contributed by atoms with Crippen molar-refractivity contribution >= 4 is 22.7 Å². The molecule has 0 aliphatic carbocycles. The van der Waals surface area contributed by atoms with Crippen LogP contribution >= 0.6 is 0 Å². The zero-order valence-corrected chi connectivity index (χ0v) is 21.6. The highest BCUT2D eigenvalue weighted by molar-refractivity contribution is 5.95. The molecule has 0 spiro atoms. The van der Waals surface area contributed by atoms with E-state index >= 15 is 0 Å². The molecular weight excluding hydrogens is 464 g/mol. The average molecular weight is 499 g/mol. The van der Waals surface area contributed by atoms with Gasteiger partial charge in [-0.1, -0.05) is 18.2 Å². The smallest absolute Gasteiger partial charge is 0.253 e. The molecule has 1 saturated heterocycles. The van der Waals surface area contributed by atoms with Gasteiger partial charge >= 0.3 is 0 Å². The Balaban J connectivity index is 1.19. The number of hydrogen-bond donors (Lipinski definition) is 1. The number of carbonyl (C=O) groups is 2. The second-order valence-electron chi connectivity index (χ2n) is 9.91. The number of piperidine rings is 1. The van der Waals surface area contributed by atoms with Crippen LogP contribution in [0.2, 0.25) is 0 Å². The van der Waals surface area contributed by atoms with Crippen molar-refractivity contribution in [2.24, 2.45) is 7.05 Å². The van der Waals surface area contributed by atoms with Gasteiger partial charge in [-0.25, -0.2) is 4.98 Å². The van der Waals surface area contributed by atoms with Crippen LogP contribution in [0.5, 0.6) is 0 Å². The van der Waals surface area contributed by atoms with Crippen molar-refractivity contribution in [3.63, 3.8) is 0 Å². The fourth-order valence-electron chi connectivity index (χ4n) is 5.30. The number of imidazole rings is 1. The zero-order chi connectivity index (χ0) is 25.8. The van der Waals surface area contributed by atoms with Gasteiger partial charge in [-0.3, -0.25) is 14.6 Å². The summed E-state index contributed by atoms with van der Waals surface area (Å²) in [6, 6.07) is 12.0. The Hall–Kier alpha value is -3.94. The molecule has 8 nitrogen and oxygen atoms in total. The van der Waals surface area contributed by atoms with E-state index in [1.807, 2.05) is 53.9 Å². The lowest BCUT2D eigenvalue weighted by molar-refractivity contribution is -0.131. The summed E-state index contributed by atoms with van der Waals surface area (Å²) in [5.74, 6) is 0.235. The Morgan fingerprint density at radius 2 is 1.92 bits per heavy atom. The molecule has 0 radical (unpaired) electrons. The van der Waals surface area contributed by atoms with Gasteiger partial charge in [0, 0.05) is 74.3 Å². The number of nitrogens with zero attached hydrogens (tertiary/aromatic N) is 5. The van der Waals surface area contributed by atoms with Crippen molar-refractivity contribution in [1.82, 2.24) is 29.3 Å². The highest BCUT2D eigenvalue weighted by Crippen LogP contribution is 2.30. The van der Waals surface area contributed by atoms with Crippen molar-refractivity contribution in [3.8, 4) is 0 Å². The number of amides is 2. The number of benzene rings is 1. The molecule has 0 atom stereocenters. The van der Waals surface area contributed by atoms with E-state index in [2.05, 4.69) is 33.2 Å². The Morgan fingerprint density at radius 3 is 2.70 bits per heavy atom. The van der Waals surface area contributed by atoms with Gasteiger partial charge in [0.25, 0.3) is 5.91 Å². The molecule has 0 bridgehead atoms. The molecule has 3 aromatic heterocycles. The number of aromatic nitrogens is 4. The summed E-state index contributed by atoms with van der Waals surface area (Å²) in [6.07, 6.45) is 10.4. The van der Waals surface area contributed by atoms with Crippen LogP contribution in [0, 0.1) is 6.92 Å². The summed E-state index contributed by atoms with van der Waals surface area (Å²) < 4.78 is 4.08. The summed E-state index contributed by atoms with van der Waals surface area (Å²) in [4.78, 5) is 37.0. The lowest BCUT2D eigenvalue weighted by Gasteiger charge is -2.32. The van der Waals surface area contributed by atoms with Crippen LogP contribution in [0.25, 0.3) is 10.9 Å². The summed E-state index contributed by atoms with van der Waals surface area (Å²) in [5.41, 5.74) is 4.61. The first kappa shape index (κ1) is 24.7. The molecule has 4 aromatic rings. The third-order valence-corrected chi connectivity index (χ3v) is 7.30. The lowest BCUT2D eigenvalue weighted by Crippen LogP contribution is -2.39. The summed E-state index contributed by atoms with van der Waals surface area (Å²) in [6.45, 7) is 4.71. The highest BCUT2D eigenvalue weighted by Gasteiger charge is 2.28. The number of rotatable bonds is 8. The number of likely N-dealkylation sites (tertiary alicyclic amines) is 1. The van der Waals surface area contributed by atoms with Crippen molar-refractivity contribution in [2.75, 3.05) is 19.6 Å². The zero-order valence-electron chi connectivity index (χ0n) is 21.6. The third kappa shape index (κ3) is 5.58. The SMILES string of the molecule is Cc1ccc(C(=O)NCCCn2ccnc2)c(C2CCN(C(=O)Cc3cn(C)c4ccccc34)CC2)n1. The first-order chi connectivity index (χ1) is 18.0. The molecule has 5 rings (SSSR count). The van der Waals surface area contributed by atoms with Crippen LogP contribution in [0.3, 0.4) is 0 Å². The van der Waals surface area contributed by atoms with E-state index in [1.165, 1.54) is 0 Å². The molecule has 192 valence electrons. The van der Waals surface area contributed by atoms with Gasteiger partial charge in [0.05, 0.1) is 24.0 Å². The molecular formula is C29H34N6O2. The molecule has 1 aliphatic heterocycles. The fourth-order valence-corrected chi connectivity index (χ4v) is 5.30. The fraction of sp³-hybridized carbons (Fsp3) is 0.379. The molecule has 1 aromatic carbocycles. The Bertz CT molecular complexity index is 1380. The molecule has 1 aliphatic rings. The molecule has 2 amide bonds. The topological polar surface area (TPSA) is 85.0 Å². The van der Waals surface area contributed by atoms with Gasteiger partial charge in [-0.05, 0) is 49.9 Å². The minimum Gasteiger partial charge on any atom is -0.352 e. The number of nitrogens with one attached hydrogen (secondary N) is 1. The predicted molar refractivity (Wildman–Crippen MR) is 143 cm³/mol. The van der Waals surface area contributed by atoms with Gasteiger partial charge in [0.2, 0.25) is 5.91 Å². The molecule has 4 heterocycles. The van der Waals surface area contributed by atoms with Gasteiger partial charge in [0.15, 0.2) is 0 Å². The highest BCUT2D eigenvalue weighted by atomic mass is 16.2. The van der Waals surface area contributed by atoms with Gasteiger partial charge in [-0.2, -0.15) is 0 Å². The second kappa shape index (κ2) is 11.0. The Morgan fingerprint density at radius 1 is 1.11 bits per heavy atom. The first-order valence-corrected chi connectivity index (χ1v) is 13.0. The van der Waals surface area contributed by atoms with E-state index in [9.17, 15) is 9.59 Å². The number of para-hydroxylation sites is 1. The number of carbonyl (C=O) groups excluding carboxylic acids is 2. The van der Waals surface area contributed by atoms with Gasteiger partial charge in [-0.15, -0.1) is 0 Å². The lowest BCUT2D eigenvalue weighted by atomic mass is 9.89. The molecule has 1 N–H and O–H groups in total. The maximum Gasteiger partial charge on any atom is 0.253 e. The van der Waals surface area contributed by atoms with Crippen LogP contribution in [0.4, 0.5) is 0 Å². The van der Waals surface area contributed by atoms with E-state index in [0.717, 1.165) is 53.7 Å². The number of aryl methyl sites for hydroxylation is 3. The maximum absolute atomic E-state index is 13.2. The van der Waals surface area contributed by atoms with Crippen LogP contribution < -0.4 is 5.32 Å².